The molecule has 1 N–H and O–H groups in total. The summed E-state index contributed by atoms with van der Waals surface area (Å²) in [5.41, 5.74) is -0.425. The fraction of sp³-hybridized carbons (Fsp3) is 0.667. The van der Waals surface area contributed by atoms with Gasteiger partial charge in [-0.15, -0.1) is 11.3 Å². The molecule has 0 aliphatic carbocycles. The van der Waals surface area contributed by atoms with Crippen LogP contribution >= 0.6 is 22.9 Å². The van der Waals surface area contributed by atoms with Gasteiger partial charge >= 0.3 is 6.09 Å². The maximum absolute atomic E-state index is 12.0. The Kier molecular flexibility index (Phi) is 5.52. The van der Waals surface area contributed by atoms with E-state index in [1.165, 1.54) is 4.88 Å². The molecular formula is C15H23ClN2O2S. The molecule has 2 rings (SSSR count). The van der Waals surface area contributed by atoms with Crippen LogP contribution in [0.5, 0.6) is 0 Å². The average molecular weight is 331 g/mol. The summed E-state index contributed by atoms with van der Waals surface area (Å²) in [6, 6.07) is 1.99. The Hall–Kier alpha value is -0.780. The van der Waals surface area contributed by atoms with Gasteiger partial charge in [0.15, 0.2) is 0 Å². The van der Waals surface area contributed by atoms with E-state index in [1.54, 1.807) is 16.2 Å². The average Bonchev–Trinajstić information content (AvgIpc) is 2.97. The molecule has 1 saturated heterocycles. The van der Waals surface area contributed by atoms with E-state index in [0.717, 1.165) is 37.6 Å². The number of carbonyl (C=O) groups excluding carboxylic acids is 1. The summed E-state index contributed by atoms with van der Waals surface area (Å²) in [5.74, 6) is 0.493. The fourth-order valence-corrected chi connectivity index (χ4v) is 3.38. The molecule has 0 spiro atoms. The van der Waals surface area contributed by atoms with Crippen molar-refractivity contribution in [2.75, 3.05) is 19.6 Å². The summed E-state index contributed by atoms with van der Waals surface area (Å²) in [6.07, 6.45) is 0.826. The first-order valence-corrected chi connectivity index (χ1v) is 8.51. The SMILES string of the molecule is CC(C)(C)OC(=O)N1CCC(CNCc2cc(Cl)cs2)C1. The highest BCUT2D eigenvalue weighted by Gasteiger charge is 2.29. The molecule has 118 valence electrons. The van der Waals surface area contributed by atoms with Crippen molar-refractivity contribution in [1.82, 2.24) is 10.2 Å². The number of rotatable bonds is 4. The monoisotopic (exact) mass is 330 g/mol. The van der Waals surface area contributed by atoms with Gasteiger partial charge in [0.05, 0.1) is 5.02 Å². The maximum atomic E-state index is 12.0. The summed E-state index contributed by atoms with van der Waals surface area (Å²) < 4.78 is 5.40. The summed E-state index contributed by atoms with van der Waals surface area (Å²) >= 11 is 7.56. The molecule has 0 aromatic carbocycles. The van der Waals surface area contributed by atoms with Crippen molar-refractivity contribution in [3.63, 3.8) is 0 Å². The van der Waals surface area contributed by atoms with Crippen LogP contribution in [0.3, 0.4) is 0 Å². The van der Waals surface area contributed by atoms with E-state index < -0.39 is 5.60 Å². The Balaban J connectivity index is 1.69. The van der Waals surface area contributed by atoms with Crippen LogP contribution in [0.2, 0.25) is 5.02 Å². The highest BCUT2D eigenvalue weighted by Crippen LogP contribution is 2.21. The number of amides is 1. The van der Waals surface area contributed by atoms with Crippen LogP contribution in [-0.4, -0.2) is 36.2 Å². The first kappa shape index (κ1) is 16.6. The smallest absolute Gasteiger partial charge is 0.410 e. The molecule has 2 heterocycles. The van der Waals surface area contributed by atoms with Gasteiger partial charge in [-0.2, -0.15) is 0 Å². The molecular weight excluding hydrogens is 308 g/mol. The van der Waals surface area contributed by atoms with E-state index in [1.807, 2.05) is 32.2 Å². The molecule has 0 radical (unpaired) electrons. The Morgan fingerprint density at radius 1 is 1.57 bits per heavy atom. The zero-order valence-electron chi connectivity index (χ0n) is 12.8. The van der Waals surface area contributed by atoms with E-state index >= 15 is 0 Å². The Morgan fingerprint density at radius 3 is 2.95 bits per heavy atom. The van der Waals surface area contributed by atoms with E-state index in [2.05, 4.69) is 5.32 Å². The number of thiophene rings is 1. The minimum atomic E-state index is -0.425. The Labute approximate surface area is 135 Å². The second-order valence-corrected chi connectivity index (χ2v) is 7.88. The summed E-state index contributed by atoms with van der Waals surface area (Å²) in [4.78, 5) is 15.0. The molecule has 6 heteroatoms. The summed E-state index contributed by atoms with van der Waals surface area (Å²) in [7, 11) is 0. The lowest BCUT2D eigenvalue weighted by atomic mass is 10.1. The van der Waals surface area contributed by atoms with Crippen LogP contribution in [0, 0.1) is 5.92 Å². The molecule has 1 aliphatic rings. The van der Waals surface area contributed by atoms with Gasteiger partial charge in [-0.1, -0.05) is 11.6 Å². The van der Waals surface area contributed by atoms with Crippen molar-refractivity contribution < 1.29 is 9.53 Å². The number of likely N-dealkylation sites (tertiary alicyclic amines) is 1. The van der Waals surface area contributed by atoms with Gasteiger partial charge in [-0.25, -0.2) is 4.79 Å². The number of nitrogens with one attached hydrogen (secondary N) is 1. The lowest BCUT2D eigenvalue weighted by Crippen LogP contribution is -2.36. The van der Waals surface area contributed by atoms with Gasteiger partial charge in [0.1, 0.15) is 5.60 Å². The van der Waals surface area contributed by atoms with Gasteiger partial charge in [-0.05, 0) is 39.2 Å². The molecule has 4 nitrogen and oxygen atoms in total. The number of hydrogen-bond acceptors (Lipinski definition) is 4. The van der Waals surface area contributed by atoms with E-state index in [-0.39, 0.29) is 6.09 Å². The lowest BCUT2D eigenvalue weighted by Gasteiger charge is -2.24. The number of hydrogen-bond donors (Lipinski definition) is 1. The van der Waals surface area contributed by atoms with Crippen molar-refractivity contribution in [3.8, 4) is 0 Å². The Morgan fingerprint density at radius 2 is 2.33 bits per heavy atom. The minimum absolute atomic E-state index is 0.199. The molecule has 1 unspecified atom stereocenters. The van der Waals surface area contributed by atoms with E-state index in [9.17, 15) is 4.79 Å². The summed E-state index contributed by atoms with van der Waals surface area (Å²) in [6.45, 7) is 8.98. The van der Waals surface area contributed by atoms with E-state index in [0.29, 0.717) is 5.92 Å². The van der Waals surface area contributed by atoms with Crippen LogP contribution in [0.1, 0.15) is 32.1 Å². The fourth-order valence-electron chi connectivity index (χ4n) is 2.34. The van der Waals surface area contributed by atoms with Gasteiger partial charge < -0.3 is 15.0 Å². The number of carbonyl (C=O) groups is 1. The topological polar surface area (TPSA) is 41.6 Å². The molecule has 1 aliphatic heterocycles. The van der Waals surface area contributed by atoms with Gasteiger partial charge in [0, 0.05) is 36.4 Å². The third-order valence-electron chi connectivity index (χ3n) is 3.29. The molecule has 21 heavy (non-hydrogen) atoms. The third kappa shape index (κ3) is 5.49. The van der Waals surface area contributed by atoms with Crippen molar-refractivity contribution in [2.24, 2.45) is 5.92 Å². The number of halogens is 1. The second kappa shape index (κ2) is 6.99. The third-order valence-corrected chi connectivity index (χ3v) is 4.58. The number of ether oxygens (including phenoxy) is 1. The zero-order chi connectivity index (χ0) is 15.5. The van der Waals surface area contributed by atoms with Crippen LogP contribution < -0.4 is 5.32 Å². The van der Waals surface area contributed by atoms with Crippen molar-refractivity contribution >= 4 is 29.0 Å². The molecule has 1 atom stereocenters. The number of nitrogens with zero attached hydrogens (tertiary/aromatic N) is 1. The van der Waals surface area contributed by atoms with Gasteiger partial charge in [0.25, 0.3) is 0 Å². The molecule has 1 fully saturated rings. The first-order chi connectivity index (χ1) is 9.83. The van der Waals surface area contributed by atoms with Crippen LogP contribution in [0.25, 0.3) is 0 Å². The lowest BCUT2D eigenvalue weighted by molar-refractivity contribution is 0.0288. The molecule has 1 aromatic heterocycles. The second-order valence-electron chi connectivity index (χ2n) is 6.44. The molecule has 0 saturated carbocycles. The molecule has 1 aromatic rings. The largest absolute Gasteiger partial charge is 0.444 e. The van der Waals surface area contributed by atoms with Gasteiger partial charge in [0.2, 0.25) is 0 Å². The highest BCUT2D eigenvalue weighted by molar-refractivity contribution is 7.10. The normalized spacial score (nSPS) is 19.0. The summed E-state index contributed by atoms with van der Waals surface area (Å²) in [5, 5.41) is 6.18. The predicted molar refractivity (Wildman–Crippen MR) is 86.9 cm³/mol. The van der Waals surface area contributed by atoms with Crippen LogP contribution in [0.15, 0.2) is 11.4 Å². The van der Waals surface area contributed by atoms with E-state index in [4.69, 9.17) is 16.3 Å². The molecule has 0 bridgehead atoms. The first-order valence-electron chi connectivity index (χ1n) is 7.25. The highest BCUT2D eigenvalue weighted by atomic mass is 35.5. The predicted octanol–water partition coefficient (Wildman–Crippen LogP) is 3.75. The standard InChI is InChI=1S/C15H23ClN2O2S/c1-15(2,3)20-14(19)18-5-4-11(9-18)7-17-8-13-6-12(16)10-21-13/h6,10-11,17H,4-5,7-9H2,1-3H3. The zero-order valence-corrected chi connectivity index (χ0v) is 14.4. The maximum Gasteiger partial charge on any atom is 0.410 e. The minimum Gasteiger partial charge on any atom is -0.444 e. The van der Waals surface area contributed by atoms with Crippen molar-refractivity contribution in [2.45, 2.75) is 39.3 Å². The van der Waals surface area contributed by atoms with Crippen LogP contribution in [-0.2, 0) is 11.3 Å². The Bertz CT molecular complexity index is 484. The quantitative estimate of drug-likeness (QED) is 0.914. The van der Waals surface area contributed by atoms with Gasteiger partial charge in [-0.3, -0.25) is 0 Å². The molecule has 1 amide bonds. The van der Waals surface area contributed by atoms with Crippen molar-refractivity contribution in [1.29, 1.82) is 0 Å². The van der Waals surface area contributed by atoms with Crippen molar-refractivity contribution in [3.05, 3.63) is 21.3 Å². The van der Waals surface area contributed by atoms with Crippen LogP contribution in [0.4, 0.5) is 4.79 Å².